The van der Waals surface area contributed by atoms with Gasteiger partial charge in [0.2, 0.25) is 0 Å². The summed E-state index contributed by atoms with van der Waals surface area (Å²) in [6.45, 7) is 5.43. The molecule has 2 saturated heterocycles. The number of sulfone groups is 1. The molecule has 27 heavy (non-hydrogen) atoms. The van der Waals surface area contributed by atoms with Crippen LogP contribution in [0.25, 0.3) is 0 Å². The zero-order valence-corrected chi connectivity index (χ0v) is 17.2. The molecule has 9 nitrogen and oxygen atoms in total. The van der Waals surface area contributed by atoms with Gasteiger partial charge >= 0.3 is 11.8 Å². The molecule has 2 aliphatic rings. The Bertz CT molecular complexity index is 604. The number of morpholine rings is 1. The Kier molecular flexibility index (Phi) is 8.46. The minimum Gasteiger partial charge on any atom is -0.379 e. The van der Waals surface area contributed by atoms with Crippen LogP contribution in [0.4, 0.5) is 0 Å². The molecule has 0 aromatic heterocycles. The second-order valence-corrected chi connectivity index (χ2v) is 9.65. The molecule has 0 aromatic carbocycles. The molecule has 0 spiro atoms. The van der Waals surface area contributed by atoms with Crippen molar-refractivity contribution in [2.75, 3.05) is 78.1 Å². The third kappa shape index (κ3) is 7.36. The number of nitrogens with zero attached hydrogens (tertiary/aromatic N) is 3. The number of ether oxygens (including phenoxy) is 1. The van der Waals surface area contributed by atoms with E-state index in [-0.39, 0.29) is 11.5 Å². The second kappa shape index (κ2) is 10.4. The van der Waals surface area contributed by atoms with Gasteiger partial charge in [0.1, 0.15) is 0 Å². The van der Waals surface area contributed by atoms with Crippen molar-refractivity contribution in [3.8, 4) is 0 Å². The van der Waals surface area contributed by atoms with E-state index in [0.717, 1.165) is 39.3 Å². The van der Waals surface area contributed by atoms with Gasteiger partial charge in [-0.3, -0.25) is 14.5 Å². The Balaban J connectivity index is 1.82. The lowest BCUT2D eigenvalue weighted by molar-refractivity contribution is -0.147. The summed E-state index contributed by atoms with van der Waals surface area (Å²) in [7, 11) is 0.623. The van der Waals surface area contributed by atoms with Gasteiger partial charge in [-0.2, -0.15) is 0 Å². The van der Waals surface area contributed by atoms with E-state index in [1.165, 1.54) is 4.90 Å². The number of nitrogens with one attached hydrogen (secondary N) is 1. The van der Waals surface area contributed by atoms with Crippen LogP contribution in [0.3, 0.4) is 0 Å². The van der Waals surface area contributed by atoms with E-state index in [1.807, 2.05) is 19.0 Å². The summed E-state index contributed by atoms with van der Waals surface area (Å²) in [6.07, 6.45) is 1.15. The molecular formula is C17H32N4O5S. The summed E-state index contributed by atoms with van der Waals surface area (Å²) in [4.78, 5) is 30.5. The highest BCUT2D eigenvalue weighted by Crippen LogP contribution is 2.18. The van der Waals surface area contributed by atoms with Crippen molar-refractivity contribution in [1.29, 1.82) is 0 Å². The van der Waals surface area contributed by atoms with Crippen molar-refractivity contribution >= 4 is 21.7 Å². The average molecular weight is 405 g/mol. The van der Waals surface area contributed by atoms with Crippen LogP contribution in [0.15, 0.2) is 0 Å². The van der Waals surface area contributed by atoms with Crippen molar-refractivity contribution < 1.29 is 22.7 Å². The standard InChI is InChI=1S/C17H32N4O5S/c1-19(2)7-8-21(15-4-13-27(24,25)14-15)17(23)16(22)18-5-3-6-20-9-11-26-12-10-20/h15H,3-14H2,1-2H3,(H,18,22). The molecule has 2 heterocycles. The fourth-order valence-corrected chi connectivity index (χ4v) is 5.04. The summed E-state index contributed by atoms with van der Waals surface area (Å²) < 4.78 is 28.8. The van der Waals surface area contributed by atoms with Crippen molar-refractivity contribution in [1.82, 2.24) is 20.0 Å². The van der Waals surface area contributed by atoms with Crippen molar-refractivity contribution in [2.24, 2.45) is 0 Å². The molecule has 2 fully saturated rings. The largest absolute Gasteiger partial charge is 0.379 e. The van der Waals surface area contributed by atoms with Crippen LogP contribution in [0.5, 0.6) is 0 Å². The van der Waals surface area contributed by atoms with Crippen LogP contribution >= 0.6 is 0 Å². The summed E-state index contributed by atoms with van der Waals surface area (Å²) in [6, 6.07) is -0.415. The predicted octanol–water partition coefficient (Wildman–Crippen LogP) is -1.60. The summed E-state index contributed by atoms with van der Waals surface area (Å²) in [5.41, 5.74) is 0. The molecule has 1 N–H and O–H groups in total. The molecule has 0 radical (unpaired) electrons. The van der Waals surface area contributed by atoms with Gasteiger partial charge < -0.3 is 19.9 Å². The van der Waals surface area contributed by atoms with E-state index in [9.17, 15) is 18.0 Å². The molecule has 1 atom stereocenters. The lowest BCUT2D eigenvalue weighted by atomic mass is 10.2. The van der Waals surface area contributed by atoms with Gasteiger partial charge in [0.15, 0.2) is 9.84 Å². The molecule has 156 valence electrons. The van der Waals surface area contributed by atoms with Crippen LogP contribution < -0.4 is 5.32 Å². The number of hydrogen-bond acceptors (Lipinski definition) is 7. The maximum absolute atomic E-state index is 12.6. The van der Waals surface area contributed by atoms with Crippen LogP contribution in [-0.2, 0) is 24.2 Å². The predicted molar refractivity (Wildman–Crippen MR) is 102 cm³/mol. The van der Waals surface area contributed by atoms with Crippen LogP contribution in [0.2, 0.25) is 0 Å². The van der Waals surface area contributed by atoms with Gasteiger partial charge in [-0.25, -0.2) is 8.42 Å². The fourth-order valence-electron chi connectivity index (χ4n) is 3.31. The van der Waals surface area contributed by atoms with E-state index < -0.39 is 27.7 Å². The van der Waals surface area contributed by atoms with E-state index in [1.54, 1.807) is 0 Å². The van der Waals surface area contributed by atoms with Crippen LogP contribution in [0.1, 0.15) is 12.8 Å². The lowest BCUT2D eigenvalue weighted by Crippen LogP contribution is -2.50. The summed E-state index contributed by atoms with van der Waals surface area (Å²) in [5, 5.41) is 2.68. The summed E-state index contributed by atoms with van der Waals surface area (Å²) in [5.74, 6) is -1.27. The molecule has 2 rings (SSSR count). The van der Waals surface area contributed by atoms with Crippen LogP contribution in [0, 0.1) is 0 Å². The zero-order valence-electron chi connectivity index (χ0n) is 16.4. The Morgan fingerprint density at radius 1 is 1.19 bits per heavy atom. The van der Waals surface area contributed by atoms with Gasteiger partial charge in [-0.05, 0) is 33.5 Å². The molecule has 0 aromatic rings. The molecule has 0 saturated carbocycles. The smallest absolute Gasteiger partial charge is 0.312 e. The van der Waals surface area contributed by atoms with Crippen molar-refractivity contribution in [2.45, 2.75) is 18.9 Å². The lowest BCUT2D eigenvalue weighted by Gasteiger charge is -2.29. The molecule has 1 unspecified atom stereocenters. The van der Waals surface area contributed by atoms with Crippen molar-refractivity contribution in [3.63, 3.8) is 0 Å². The number of carbonyl (C=O) groups is 2. The maximum Gasteiger partial charge on any atom is 0.312 e. The number of hydrogen-bond donors (Lipinski definition) is 1. The number of likely N-dealkylation sites (N-methyl/N-ethyl adjacent to an activating group) is 1. The Hall–Kier alpha value is -1.23. The minimum absolute atomic E-state index is 0.0590. The molecular weight excluding hydrogens is 372 g/mol. The Morgan fingerprint density at radius 2 is 1.89 bits per heavy atom. The highest BCUT2D eigenvalue weighted by atomic mass is 32.2. The highest BCUT2D eigenvalue weighted by molar-refractivity contribution is 7.91. The molecule has 0 bridgehead atoms. The minimum atomic E-state index is -3.13. The summed E-state index contributed by atoms with van der Waals surface area (Å²) >= 11 is 0. The SMILES string of the molecule is CN(C)CCN(C(=O)C(=O)NCCCN1CCOCC1)C1CCS(=O)(=O)C1. The quantitative estimate of drug-likeness (QED) is 0.384. The maximum atomic E-state index is 12.6. The van der Waals surface area contributed by atoms with Gasteiger partial charge in [0.25, 0.3) is 0 Å². The molecule has 2 aliphatic heterocycles. The topological polar surface area (TPSA) is 99.3 Å². The molecule has 2 amide bonds. The zero-order chi connectivity index (χ0) is 19.9. The average Bonchev–Trinajstić information content (AvgIpc) is 2.98. The van der Waals surface area contributed by atoms with E-state index in [2.05, 4.69) is 10.2 Å². The van der Waals surface area contributed by atoms with E-state index >= 15 is 0 Å². The third-order valence-corrected chi connectivity index (χ3v) is 6.68. The number of rotatable bonds is 8. The first kappa shape index (κ1) is 22.1. The molecule has 0 aliphatic carbocycles. The van der Waals surface area contributed by atoms with Gasteiger partial charge in [0.05, 0.1) is 24.7 Å². The normalized spacial score (nSPS) is 22.7. The van der Waals surface area contributed by atoms with Gasteiger partial charge in [-0.1, -0.05) is 0 Å². The number of amides is 2. The first-order valence-electron chi connectivity index (χ1n) is 9.52. The molecule has 10 heteroatoms. The Morgan fingerprint density at radius 3 is 2.48 bits per heavy atom. The monoisotopic (exact) mass is 404 g/mol. The van der Waals surface area contributed by atoms with Crippen LogP contribution in [-0.4, -0.2) is 119 Å². The highest BCUT2D eigenvalue weighted by Gasteiger charge is 2.36. The van der Waals surface area contributed by atoms with Gasteiger partial charge in [0, 0.05) is 38.8 Å². The van der Waals surface area contributed by atoms with Crippen molar-refractivity contribution in [3.05, 3.63) is 0 Å². The first-order valence-corrected chi connectivity index (χ1v) is 11.3. The third-order valence-electron chi connectivity index (χ3n) is 4.93. The Labute approximate surface area is 161 Å². The van der Waals surface area contributed by atoms with E-state index in [0.29, 0.717) is 26.1 Å². The fraction of sp³-hybridized carbons (Fsp3) is 0.882. The second-order valence-electron chi connectivity index (χ2n) is 7.42. The number of carbonyl (C=O) groups excluding carboxylic acids is 2. The van der Waals surface area contributed by atoms with Gasteiger partial charge in [-0.15, -0.1) is 0 Å². The van der Waals surface area contributed by atoms with E-state index in [4.69, 9.17) is 4.74 Å². The first-order chi connectivity index (χ1) is 12.8.